The number of ether oxygens (including phenoxy) is 1. The molecule has 0 aromatic heterocycles. The number of amides is 2. The van der Waals surface area contributed by atoms with Crippen molar-refractivity contribution in [2.75, 3.05) is 12.0 Å². The Morgan fingerprint density at radius 1 is 1.11 bits per heavy atom. The molecule has 2 aromatic rings. The van der Waals surface area contributed by atoms with Crippen LogP contribution in [0.15, 0.2) is 64.3 Å². The maximum absolute atomic E-state index is 12.8. The monoisotopic (exact) mass is 444 g/mol. The summed E-state index contributed by atoms with van der Waals surface area (Å²) in [5.41, 5.74) is 1.98. The number of carbonyl (C=O) groups excluding carboxylic acids is 2. The third kappa shape index (κ3) is 3.63. The van der Waals surface area contributed by atoms with Gasteiger partial charge in [0.2, 0.25) is 0 Å². The van der Waals surface area contributed by atoms with Crippen molar-refractivity contribution >= 4 is 39.6 Å². The van der Waals surface area contributed by atoms with Gasteiger partial charge in [0.15, 0.2) is 0 Å². The van der Waals surface area contributed by atoms with Gasteiger partial charge in [0.05, 0.1) is 30.0 Å². The molecule has 0 spiro atoms. The summed E-state index contributed by atoms with van der Waals surface area (Å²) in [5.74, 6) is -1.62. The molecule has 3 rings (SSSR count). The average Bonchev–Trinajstić information content (AvgIpc) is 2.68. The molecule has 1 heterocycles. The maximum Gasteiger partial charge on any atom is 0.337 e. The van der Waals surface area contributed by atoms with Crippen LogP contribution in [0.2, 0.25) is 0 Å². The van der Waals surface area contributed by atoms with E-state index >= 15 is 0 Å². The Balaban J connectivity index is 2.09. The number of carbonyl (C=O) groups is 3. The summed E-state index contributed by atoms with van der Waals surface area (Å²) in [4.78, 5) is 37.7. The molecule has 0 bridgehead atoms. The van der Waals surface area contributed by atoms with Crippen molar-refractivity contribution in [3.05, 3.63) is 75.4 Å². The lowest BCUT2D eigenvalue weighted by atomic mass is 9.94. The second-order valence-electron chi connectivity index (χ2n) is 6.11. The lowest BCUT2D eigenvalue weighted by molar-refractivity contribution is -0.136. The number of methoxy groups -OCH3 is 1. The van der Waals surface area contributed by atoms with E-state index in [1.165, 1.54) is 36.3 Å². The zero-order valence-corrected chi connectivity index (χ0v) is 16.7. The molecule has 7 nitrogen and oxygen atoms in total. The molecule has 1 unspecified atom stereocenters. The van der Waals surface area contributed by atoms with Gasteiger partial charge < -0.3 is 15.2 Å². The van der Waals surface area contributed by atoms with Crippen molar-refractivity contribution < 1.29 is 24.2 Å². The van der Waals surface area contributed by atoms with Crippen molar-refractivity contribution in [3.63, 3.8) is 0 Å². The minimum atomic E-state index is -1.06. The lowest BCUT2D eigenvalue weighted by Gasteiger charge is -2.35. The van der Waals surface area contributed by atoms with Gasteiger partial charge in [0.25, 0.3) is 0 Å². The van der Waals surface area contributed by atoms with E-state index in [1.807, 2.05) is 24.3 Å². The number of carboxylic acids is 1. The second kappa shape index (κ2) is 7.85. The van der Waals surface area contributed by atoms with Gasteiger partial charge in [-0.2, -0.15) is 0 Å². The number of rotatable bonds is 4. The largest absolute Gasteiger partial charge is 0.478 e. The molecule has 2 aromatic carbocycles. The Morgan fingerprint density at radius 3 is 2.25 bits per heavy atom. The highest BCUT2D eigenvalue weighted by Gasteiger charge is 2.36. The number of hydrogen-bond acceptors (Lipinski definition) is 4. The summed E-state index contributed by atoms with van der Waals surface area (Å²) in [7, 11) is 1.28. The van der Waals surface area contributed by atoms with E-state index in [0.29, 0.717) is 17.0 Å². The van der Waals surface area contributed by atoms with Gasteiger partial charge in [-0.3, -0.25) is 4.90 Å². The third-order valence-electron chi connectivity index (χ3n) is 4.47. The van der Waals surface area contributed by atoms with Crippen molar-refractivity contribution in [2.45, 2.75) is 13.0 Å². The van der Waals surface area contributed by atoms with E-state index in [9.17, 15) is 14.4 Å². The zero-order chi connectivity index (χ0) is 20.4. The number of esters is 1. The number of benzene rings is 2. The minimum absolute atomic E-state index is 0.101. The van der Waals surface area contributed by atoms with E-state index in [4.69, 9.17) is 9.84 Å². The molecular weight excluding hydrogens is 428 g/mol. The van der Waals surface area contributed by atoms with E-state index in [0.717, 1.165) is 10.0 Å². The van der Waals surface area contributed by atoms with Gasteiger partial charge in [-0.1, -0.05) is 28.1 Å². The Kier molecular flexibility index (Phi) is 5.51. The second-order valence-corrected chi connectivity index (χ2v) is 7.03. The van der Waals surface area contributed by atoms with Crippen molar-refractivity contribution in [1.82, 2.24) is 5.32 Å². The van der Waals surface area contributed by atoms with Gasteiger partial charge in [-0.05, 0) is 48.9 Å². The molecule has 0 aliphatic carbocycles. The molecule has 2 N–H and O–H groups in total. The third-order valence-corrected chi connectivity index (χ3v) is 4.99. The van der Waals surface area contributed by atoms with Crippen LogP contribution >= 0.6 is 15.9 Å². The molecular formula is C20H17BrN2O5. The Bertz CT molecular complexity index is 967. The fraction of sp³-hybridized carbons (Fsp3) is 0.150. The smallest absolute Gasteiger partial charge is 0.337 e. The summed E-state index contributed by atoms with van der Waals surface area (Å²) in [6.07, 6.45) is 0. The van der Waals surface area contributed by atoms with E-state index in [-0.39, 0.29) is 5.56 Å². The van der Waals surface area contributed by atoms with Gasteiger partial charge in [-0.15, -0.1) is 0 Å². The van der Waals surface area contributed by atoms with Gasteiger partial charge in [0, 0.05) is 10.2 Å². The average molecular weight is 445 g/mol. The normalized spacial score (nSPS) is 16.6. The van der Waals surface area contributed by atoms with Crippen molar-refractivity contribution in [2.24, 2.45) is 0 Å². The highest BCUT2D eigenvalue weighted by Crippen LogP contribution is 2.34. The molecule has 1 aliphatic rings. The van der Waals surface area contributed by atoms with E-state index < -0.39 is 24.0 Å². The maximum atomic E-state index is 12.8. The topological polar surface area (TPSA) is 95.9 Å². The highest BCUT2D eigenvalue weighted by atomic mass is 79.9. The van der Waals surface area contributed by atoms with Crippen LogP contribution in [0.5, 0.6) is 0 Å². The predicted octanol–water partition coefficient (Wildman–Crippen LogP) is 3.87. The lowest BCUT2D eigenvalue weighted by Crippen LogP contribution is -2.48. The van der Waals surface area contributed by atoms with E-state index in [2.05, 4.69) is 21.2 Å². The first-order chi connectivity index (χ1) is 13.3. The molecule has 0 radical (unpaired) electrons. The minimum Gasteiger partial charge on any atom is -0.478 e. The van der Waals surface area contributed by atoms with Gasteiger partial charge in [-0.25, -0.2) is 14.4 Å². The number of nitrogens with one attached hydrogen (secondary N) is 1. The molecule has 2 amide bonds. The Labute approximate surface area is 169 Å². The molecule has 1 atom stereocenters. The fourth-order valence-corrected chi connectivity index (χ4v) is 3.35. The van der Waals surface area contributed by atoms with Crippen LogP contribution in [-0.4, -0.2) is 30.2 Å². The van der Waals surface area contributed by atoms with Gasteiger partial charge >= 0.3 is 18.0 Å². The number of carboxylic acid groups (broad SMARTS) is 1. The molecule has 0 saturated carbocycles. The number of anilines is 1. The number of aromatic carboxylic acids is 1. The molecule has 28 heavy (non-hydrogen) atoms. The predicted molar refractivity (Wildman–Crippen MR) is 106 cm³/mol. The molecule has 8 heteroatoms. The summed E-state index contributed by atoms with van der Waals surface area (Å²) in [5, 5.41) is 11.9. The highest BCUT2D eigenvalue weighted by molar-refractivity contribution is 9.10. The Morgan fingerprint density at radius 2 is 1.71 bits per heavy atom. The van der Waals surface area contributed by atoms with Crippen LogP contribution in [0, 0.1) is 0 Å². The van der Waals surface area contributed by atoms with Crippen LogP contribution in [-0.2, 0) is 9.53 Å². The quantitative estimate of drug-likeness (QED) is 0.697. The van der Waals surface area contributed by atoms with Crippen LogP contribution < -0.4 is 10.2 Å². The van der Waals surface area contributed by atoms with Crippen LogP contribution in [0.4, 0.5) is 10.5 Å². The first-order valence-corrected chi connectivity index (χ1v) is 9.11. The van der Waals surface area contributed by atoms with Gasteiger partial charge in [0.1, 0.15) is 0 Å². The first kappa shape index (κ1) is 19.6. The fourth-order valence-electron chi connectivity index (χ4n) is 3.09. The SMILES string of the molecule is COC(=O)C1=C(C)N(c2ccc(C(=O)O)cc2)C(=O)NC1c1ccc(Br)cc1. The summed E-state index contributed by atoms with van der Waals surface area (Å²) >= 11 is 3.37. The number of halogens is 1. The van der Waals surface area contributed by atoms with Crippen LogP contribution in [0.1, 0.15) is 28.9 Å². The standard InChI is InChI=1S/C20H17BrN2O5/c1-11-16(19(26)28-2)17(12-3-7-14(21)8-4-12)22-20(27)23(11)15-9-5-13(6-10-15)18(24)25/h3-10,17H,1-2H3,(H,22,27)(H,24,25). The van der Waals surface area contributed by atoms with Crippen LogP contribution in [0.25, 0.3) is 0 Å². The summed E-state index contributed by atoms with van der Waals surface area (Å²) < 4.78 is 5.82. The van der Waals surface area contributed by atoms with E-state index in [1.54, 1.807) is 6.92 Å². The zero-order valence-electron chi connectivity index (χ0n) is 15.1. The van der Waals surface area contributed by atoms with Crippen LogP contribution in [0.3, 0.4) is 0 Å². The molecule has 0 saturated heterocycles. The molecule has 1 aliphatic heterocycles. The Hall–Kier alpha value is -3.13. The number of hydrogen-bond donors (Lipinski definition) is 2. The molecule has 144 valence electrons. The van der Waals surface area contributed by atoms with Crippen molar-refractivity contribution in [1.29, 1.82) is 0 Å². The number of allylic oxidation sites excluding steroid dienone is 1. The van der Waals surface area contributed by atoms with Crippen molar-refractivity contribution in [3.8, 4) is 0 Å². The number of urea groups is 1. The summed E-state index contributed by atoms with van der Waals surface area (Å²) in [6.45, 7) is 1.65. The number of nitrogens with zero attached hydrogens (tertiary/aromatic N) is 1. The molecule has 0 fully saturated rings. The first-order valence-electron chi connectivity index (χ1n) is 8.32. The summed E-state index contributed by atoms with van der Waals surface area (Å²) in [6, 6.07) is 12.0.